The third-order valence-corrected chi connectivity index (χ3v) is 2.35. The van der Waals surface area contributed by atoms with E-state index in [-0.39, 0.29) is 0 Å². The van der Waals surface area contributed by atoms with Crippen molar-refractivity contribution in [2.45, 2.75) is 26.6 Å². The number of nitrogens with zero attached hydrogens (tertiary/aromatic N) is 1. The Kier molecular flexibility index (Phi) is 4.86. The fourth-order valence-corrected chi connectivity index (χ4v) is 1.56. The van der Waals surface area contributed by atoms with Crippen molar-refractivity contribution in [2.75, 3.05) is 19.7 Å². The maximum Gasteiger partial charge on any atom is 0.205 e. The van der Waals surface area contributed by atoms with Gasteiger partial charge in [0.25, 0.3) is 0 Å². The van der Waals surface area contributed by atoms with Gasteiger partial charge in [-0.25, -0.2) is 0 Å². The quantitative estimate of drug-likeness (QED) is 0.712. The van der Waals surface area contributed by atoms with Crippen LogP contribution in [0.15, 0.2) is 18.3 Å². The number of pyridine rings is 1. The largest absolute Gasteiger partial charge is 0.361 e. The summed E-state index contributed by atoms with van der Waals surface area (Å²) in [5.41, 5.74) is 1.61. The van der Waals surface area contributed by atoms with E-state index in [1.807, 2.05) is 26.8 Å². The summed E-state index contributed by atoms with van der Waals surface area (Å²) in [6.45, 7) is 7.38. The first-order valence-electron chi connectivity index (χ1n) is 5.62. The Bertz CT molecular complexity index is 331. The average molecular weight is 224 g/mol. The number of rotatable bonds is 6. The molecule has 0 aromatic carbocycles. The molecule has 1 heterocycles. The molecule has 0 spiro atoms. The number of aliphatic hydroxyl groups is 1. The van der Waals surface area contributed by atoms with E-state index in [9.17, 15) is 5.11 Å². The third kappa shape index (κ3) is 3.27. The number of likely N-dealkylation sites (N-methyl/N-ethyl adjacent to an activating group) is 1. The summed E-state index contributed by atoms with van der Waals surface area (Å²) in [5.74, 6) is -1.27. The molecular weight excluding hydrogens is 204 g/mol. The maximum absolute atomic E-state index is 10.4. The van der Waals surface area contributed by atoms with Crippen LogP contribution in [0, 0.1) is 6.92 Å². The standard InChI is InChI=1S/C12H20N2O2/c1-4-13-9-12(15,16-5-2)11-6-7-14-10(3)8-11/h6-8,13,15H,4-5,9H2,1-3H3. The Labute approximate surface area is 96.7 Å². The van der Waals surface area contributed by atoms with Crippen molar-refractivity contribution in [1.29, 1.82) is 0 Å². The molecule has 0 bridgehead atoms. The van der Waals surface area contributed by atoms with Gasteiger partial charge in [-0.15, -0.1) is 0 Å². The van der Waals surface area contributed by atoms with Crippen LogP contribution in [0.2, 0.25) is 0 Å². The highest BCUT2D eigenvalue weighted by Gasteiger charge is 2.29. The van der Waals surface area contributed by atoms with E-state index in [1.54, 1.807) is 12.3 Å². The molecule has 0 aliphatic rings. The lowest BCUT2D eigenvalue weighted by Gasteiger charge is -2.28. The van der Waals surface area contributed by atoms with Crippen LogP contribution in [0.25, 0.3) is 0 Å². The summed E-state index contributed by atoms with van der Waals surface area (Å²) in [7, 11) is 0. The van der Waals surface area contributed by atoms with Crippen molar-refractivity contribution in [1.82, 2.24) is 10.3 Å². The molecule has 90 valence electrons. The predicted octanol–water partition coefficient (Wildman–Crippen LogP) is 1.18. The van der Waals surface area contributed by atoms with Gasteiger partial charge in [0.05, 0.1) is 6.54 Å². The van der Waals surface area contributed by atoms with Crippen molar-refractivity contribution in [3.05, 3.63) is 29.6 Å². The smallest absolute Gasteiger partial charge is 0.205 e. The van der Waals surface area contributed by atoms with Gasteiger partial charge in [-0.3, -0.25) is 4.98 Å². The lowest BCUT2D eigenvalue weighted by atomic mass is 10.1. The van der Waals surface area contributed by atoms with E-state index in [4.69, 9.17) is 4.74 Å². The van der Waals surface area contributed by atoms with E-state index in [0.29, 0.717) is 13.2 Å². The first-order valence-corrected chi connectivity index (χ1v) is 5.62. The molecule has 16 heavy (non-hydrogen) atoms. The summed E-state index contributed by atoms with van der Waals surface area (Å²) in [4.78, 5) is 4.11. The lowest BCUT2D eigenvalue weighted by Crippen LogP contribution is -2.40. The first-order chi connectivity index (χ1) is 7.62. The first kappa shape index (κ1) is 13.1. The average Bonchev–Trinajstić information content (AvgIpc) is 2.27. The van der Waals surface area contributed by atoms with Crippen LogP contribution in [0.4, 0.5) is 0 Å². The van der Waals surface area contributed by atoms with Crippen molar-refractivity contribution >= 4 is 0 Å². The van der Waals surface area contributed by atoms with E-state index < -0.39 is 5.79 Å². The van der Waals surface area contributed by atoms with Crippen LogP contribution >= 0.6 is 0 Å². The molecule has 0 saturated heterocycles. The Morgan fingerprint density at radius 3 is 2.81 bits per heavy atom. The molecule has 4 heteroatoms. The number of aryl methyl sites for hydroxylation is 1. The van der Waals surface area contributed by atoms with Gasteiger partial charge in [-0.2, -0.15) is 0 Å². The Balaban J connectivity index is 2.91. The van der Waals surface area contributed by atoms with Crippen molar-refractivity contribution in [3.8, 4) is 0 Å². The van der Waals surface area contributed by atoms with E-state index in [0.717, 1.165) is 17.8 Å². The number of hydrogen-bond donors (Lipinski definition) is 2. The Morgan fingerprint density at radius 2 is 2.25 bits per heavy atom. The summed E-state index contributed by atoms with van der Waals surface area (Å²) < 4.78 is 5.44. The van der Waals surface area contributed by atoms with Gasteiger partial charge in [0.15, 0.2) is 0 Å². The zero-order valence-electron chi connectivity index (χ0n) is 10.2. The van der Waals surface area contributed by atoms with Crippen LogP contribution in [0.1, 0.15) is 25.1 Å². The van der Waals surface area contributed by atoms with Gasteiger partial charge in [0.1, 0.15) is 0 Å². The third-order valence-electron chi connectivity index (χ3n) is 2.35. The van der Waals surface area contributed by atoms with Crippen LogP contribution in [0.5, 0.6) is 0 Å². The molecule has 4 nitrogen and oxygen atoms in total. The highest BCUT2D eigenvalue weighted by molar-refractivity contribution is 5.21. The monoisotopic (exact) mass is 224 g/mol. The molecular formula is C12H20N2O2. The molecule has 0 amide bonds. The predicted molar refractivity (Wildman–Crippen MR) is 63.0 cm³/mol. The normalized spacial score (nSPS) is 14.8. The van der Waals surface area contributed by atoms with E-state index in [2.05, 4.69) is 10.3 Å². The van der Waals surface area contributed by atoms with Crippen molar-refractivity contribution in [3.63, 3.8) is 0 Å². The number of aromatic nitrogens is 1. The molecule has 0 aliphatic heterocycles. The van der Waals surface area contributed by atoms with Crippen molar-refractivity contribution in [2.24, 2.45) is 0 Å². The molecule has 1 rings (SSSR count). The fourth-order valence-electron chi connectivity index (χ4n) is 1.56. The molecule has 0 radical (unpaired) electrons. The topological polar surface area (TPSA) is 54.4 Å². The Hall–Kier alpha value is -0.970. The SMILES string of the molecule is CCNCC(O)(OCC)c1ccnc(C)c1. The van der Waals surface area contributed by atoms with Crippen LogP contribution in [0.3, 0.4) is 0 Å². The Morgan fingerprint density at radius 1 is 1.50 bits per heavy atom. The molecule has 0 saturated carbocycles. The highest BCUT2D eigenvalue weighted by Crippen LogP contribution is 2.22. The van der Waals surface area contributed by atoms with E-state index in [1.165, 1.54) is 0 Å². The van der Waals surface area contributed by atoms with Gasteiger partial charge < -0.3 is 15.2 Å². The highest BCUT2D eigenvalue weighted by atomic mass is 16.6. The summed E-state index contributed by atoms with van der Waals surface area (Å²) in [6, 6.07) is 3.62. The van der Waals surface area contributed by atoms with Crippen LogP contribution < -0.4 is 5.32 Å². The minimum absolute atomic E-state index is 0.376. The second kappa shape index (κ2) is 5.94. The minimum atomic E-state index is -1.27. The number of hydrogen-bond acceptors (Lipinski definition) is 4. The molecule has 1 atom stereocenters. The number of ether oxygens (including phenoxy) is 1. The second-order valence-electron chi connectivity index (χ2n) is 3.68. The zero-order valence-corrected chi connectivity index (χ0v) is 10.2. The van der Waals surface area contributed by atoms with Gasteiger partial charge in [0, 0.05) is 24.1 Å². The zero-order chi connectivity index (χ0) is 12.0. The van der Waals surface area contributed by atoms with Gasteiger partial charge in [-0.1, -0.05) is 6.92 Å². The molecule has 1 aromatic rings. The molecule has 0 aliphatic carbocycles. The van der Waals surface area contributed by atoms with E-state index >= 15 is 0 Å². The summed E-state index contributed by atoms with van der Waals surface area (Å²) in [6.07, 6.45) is 1.68. The molecule has 0 fully saturated rings. The van der Waals surface area contributed by atoms with Gasteiger partial charge in [-0.05, 0) is 32.5 Å². The summed E-state index contributed by atoms with van der Waals surface area (Å²) in [5, 5.41) is 13.5. The maximum atomic E-state index is 10.4. The molecule has 1 aromatic heterocycles. The molecule has 2 N–H and O–H groups in total. The minimum Gasteiger partial charge on any atom is -0.361 e. The number of nitrogens with one attached hydrogen (secondary N) is 1. The van der Waals surface area contributed by atoms with Crippen LogP contribution in [-0.2, 0) is 10.5 Å². The molecule has 1 unspecified atom stereocenters. The lowest BCUT2D eigenvalue weighted by molar-refractivity contribution is -0.205. The van der Waals surface area contributed by atoms with Gasteiger partial charge in [0.2, 0.25) is 5.79 Å². The fraction of sp³-hybridized carbons (Fsp3) is 0.583. The summed E-state index contributed by atoms with van der Waals surface area (Å²) >= 11 is 0. The van der Waals surface area contributed by atoms with Crippen LogP contribution in [-0.4, -0.2) is 29.8 Å². The second-order valence-corrected chi connectivity index (χ2v) is 3.68. The van der Waals surface area contributed by atoms with Gasteiger partial charge >= 0.3 is 0 Å². The van der Waals surface area contributed by atoms with Crippen molar-refractivity contribution < 1.29 is 9.84 Å².